The SMILES string of the molecule is CCCCNC(=O)CCC(=O)N1Cc2ccccc2-c2c(nnn2C)-c2ccccc21. The van der Waals surface area contributed by atoms with E-state index in [1.807, 2.05) is 55.6 Å². The average Bonchev–Trinajstić information content (AvgIpc) is 3.15. The van der Waals surface area contributed by atoms with E-state index in [1.165, 1.54) is 0 Å². The van der Waals surface area contributed by atoms with E-state index in [0.29, 0.717) is 13.1 Å². The van der Waals surface area contributed by atoms with Crippen molar-refractivity contribution in [2.45, 2.75) is 39.2 Å². The molecule has 31 heavy (non-hydrogen) atoms. The van der Waals surface area contributed by atoms with Gasteiger partial charge in [0.15, 0.2) is 0 Å². The van der Waals surface area contributed by atoms with Gasteiger partial charge in [0.05, 0.1) is 17.9 Å². The molecule has 3 aromatic rings. The lowest BCUT2D eigenvalue weighted by Gasteiger charge is -2.28. The first-order chi connectivity index (χ1) is 15.1. The maximum absolute atomic E-state index is 13.3. The van der Waals surface area contributed by atoms with E-state index in [0.717, 1.165) is 46.6 Å². The van der Waals surface area contributed by atoms with Crippen molar-refractivity contribution < 1.29 is 9.59 Å². The zero-order valence-electron chi connectivity index (χ0n) is 18.0. The Balaban J connectivity index is 1.68. The molecule has 7 nitrogen and oxygen atoms in total. The number of hydrogen-bond acceptors (Lipinski definition) is 4. The summed E-state index contributed by atoms with van der Waals surface area (Å²) in [6.45, 7) is 3.16. The summed E-state index contributed by atoms with van der Waals surface area (Å²) in [5.41, 5.74) is 5.36. The number of hydrogen-bond donors (Lipinski definition) is 1. The van der Waals surface area contributed by atoms with Gasteiger partial charge in [-0.1, -0.05) is 61.0 Å². The van der Waals surface area contributed by atoms with Crippen molar-refractivity contribution in [3.05, 3.63) is 54.1 Å². The first kappa shape index (κ1) is 20.8. The van der Waals surface area contributed by atoms with Gasteiger partial charge in [0.1, 0.15) is 5.69 Å². The molecule has 2 amide bonds. The quantitative estimate of drug-likeness (QED) is 0.620. The number of nitrogens with one attached hydrogen (secondary N) is 1. The molecule has 0 aliphatic carbocycles. The number of para-hydroxylation sites is 1. The van der Waals surface area contributed by atoms with Crippen LogP contribution in [0.15, 0.2) is 48.5 Å². The van der Waals surface area contributed by atoms with Crippen LogP contribution in [0.3, 0.4) is 0 Å². The van der Waals surface area contributed by atoms with E-state index in [9.17, 15) is 9.59 Å². The molecule has 1 aromatic heterocycles. The third-order valence-corrected chi connectivity index (χ3v) is 5.60. The molecular weight excluding hydrogens is 390 g/mol. The van der Waals surface area contributed by atoms with Crippen LogP contribution in [0.1, 0.15) is 38.2 Å². The molecule has 0 atom stereocenters. The second kappa shape index (κ2) is 9.12. The predicted octanol–water partition coefficient (Wildman–Crippen LogP) is 3.69. The predicted molar refractivity (Wildman–Crippen MR) is 120 cm³/mol. The minimum absolute atomic E-state index is 0.0831. The van der Waals surface area contributed by atoms with E-state index in [-0.39, 0.29) is 24.7 Å². The molecule has 0 spiro atoms. The van der Waals surface area contributed by atoms with E-state index in [2.05, 4.69) is 22.6 Å². The molecule has 4 rings (SSSR count). The van der Waals surface area contributed by atoms with Crippen LogP contribution in [-0.4, -0.2) is 33.4 Å². The van der Waals surface area contributed by atoms with Crippen LogP contribution in [0.5, 0.6) is 0 Å². The van der Waals surface area contributed by atoms with Crippen molar-refractivity contribution in [3.63, 3.8) is 0 Å². The van der Waals surface area contributed by atoms with Crippen LogP contribution < -0.4 is 10.2 Å². The number of unbranched alkanes of at least 4 members (excludes halogenated alkanes) is 1. The Morgan fingerprint density at radius 1 is 1.03 bits per heavy atom. The van der Waals surface area contributed by atoms with Gasteiger partial charge in [-0.05, 0) is 18.1 Å². The smallest absolute Gasteiger partial charge is 0.227 e. The molecule has 0 unspecified atom stereocenters. The zero-order chi connectivity index (χ0) is 21.8. The monoisotopic (exact) mass is 417 g/mol. The normalized spacial score (nSPS) is 12.3. The Hall–Kier alpha value is -3.48. The van der Waals surface area contributed by atoms with Crippen molar-refractivity contribution in [3.8, 4) is 22.5 Å². The fourth-order valence-corrected chi connectivity index (χ4v) is 3.97. The van der Waals surface area contributed by atoms with Crippen LogP contribution in [0.2, 0.25) is 0 Å². The number of anilines is 1. The highest BCUT2D eigenvalue weighted by molar-refractivity contribution is 6.01. The first-order valence-corrected chi connectivity index (χ1v) is 10.7. The Labute approximate surface area is 182 Å². The summed E-state index contributed by atoms with van der Waals surface area (Å²) in [7, 11) is 1.88. The lowest BCUT2D eigenvalue weighted by atomic mass is 9.95. The number of rotatable bonds is 6. The summed E-state index contributed by atoms with van der Waals surface area (Å²) >= 11 is 0. The van der Waals surface area contributed by atoms with Crippen LogP contribution in [0.4, 0.5) is 5.69 Å². The highest BCUT2D eigenvalue weighted by atomic mass is 16.2. The van der Waals surface area contributed by atoms with Crippen LogP contribution in [-0.2, 0) is 23.2 Å². The van der Waals surface area contributed by atoms with Gasteiger partial charge >= 0.3 is 0 Å². The average molecular weight is 418 g/mol. The molecule has 2 aromatic carbocycles. The molecule has 1 aliphatic rings. The molecule has 1 aliphatic heterocycles. The largest absolute Gasteiger partial charge is 0.356 e. The Kier molecular flexibility index (Phi) is 6.11. The lowest BCUT2D eigenvalue weighted by Crippen LogP contribution is -2.33. The molecular formula is C24H27N5O2. The van der Waals surface area contributed by atoms with Gasteiger partial charge in [-0.2, -0.15) is 0 Å². The molecule has 7 heteroatoms. The number of aryl methyl sites for hydroxylation is 1. The van der Waals surface area contributed by atoms with Gasteiger partial charge in [-0.15, -0.1) is 5.10 Å². The maximum Gasteiger partial charge on any atom is 0.227 e. The zero-order valence-corrected chi connectivity index (χ0v) is 18.0. The Bertz CT molecular complexity index is 1100. The van der Waals surface area contributed by atoms with Gasteiger partial charge in [0.2, 0.25) is 11.8 Å². The third kappa shape index (κ3) is 4.21. The summed E-state index contributed by atoms with van der Waals surface area (Å²) < 4.78 is 1.78. The second-order valence-electron chi connectivity index (χ2n) is 7.77. The molecule has 0 saturated carbocycles. The van der Waals surface area contributed by atoms with Crippen LogP contribution in [0, 0.1) is 0 Å². The van der Waals surface area contributed by atoms with Crippen LogP contribution >= 0.6 is 0 Å². The molecule has 0 radical (unpaired) electrons. The number of carbonyl (C=O) groups excluding carboxylic acids is 2. The number of benzene rings is 2. The van der Waals surface area contributed by atoms with Crippen molar-refractivity contribution in [2.75, 3.05) is 11.4 Å². The van der Waals surface area contributed by atoms with E-state index >= 15 is 0 Å². The Morgan fingerprint density at radius 2 is 1.77 bits per heavy atom. The molecule has 0 saturated heterocycles. The number of aromatic nitrogens is 3. The molecule has 2 heterocycles. The van der Waals surface area contributed by atoms with E-state index in [4.69, 9.17) is 0 Å². The molecule has 160 valence electrons. The van der Waals surface area contributed by atoms with Gasteiger partial charge < -0.3 is 10.2 Å². The highest BCUT2D eigenvalue weighted by Gasteiger charge is 2.28. The maximum atomic E-state index is 13.3. The number of carbonyl (C=O) groups is 2. The molecule has 0 bridgehead atoms. The van der Waals surface area contributed by atoms with Crippen molar-refractivity contribution in [2.24, 2.45) is 7.05 Å². The molecule has 0 fully saturated rings. The van der Waals surface area contributed by atoms with Crippen molar-refractivity contribution in [1.82, 2.24) is 20.3 Å². The van der Waals surface area contributed by atoms with E-state index < -0.39 is 0 Å². The topological polar surface area (TPSA) is 80.1 Å². The minimum Gasteiger partial charge on any atom is -0.356 e. The number of amides is 2. The fraction of sp³-hybridized carbons (Fsp3) is 0.333. The van der Waals surface area contributed by atoms with Crippen molar-refractivity contribution >= 4 is 17.5 Å². The molecule has 1 N–H and O–H groups in total. The van der Waals surface area contributed by atoms with Gasteiger partial charge in [0.25, 0.3) is 0 Å². The van der Waals surface area contributed by atoms with E-state index in [1.54, 1.807) is 9.58 Å². The third-order valence-electron chi connectivity index (χ3n) is 5.60. The number of nitrogens with zero attached hydrogens (tertiary/aromatic N) is 4. The van der Waals surface area contributed by atoms with Crippen LogP contribution in [0.25, 0.3) is 22.5 Å². The highest BCUT2D eigenvalue weighted by Crippen LogP contribution is 2.40. The Morgan fingerprint density at radius 3 is 2.58 bits per heavy atom. The summed E-state index contributed by atoms with van der Waals surface area (Å²) in [5.74, 6) is -0.168. The summed E-state index contributed by atoms with van der Waals surface area (Å²) in [4.78, 5) is 27.2. The summed E-state index contributed by atoms with van der Waals surface area (Å²) in [5, 5.41) is 11.6. The lowest BCUT2D eigenvalue weighted by molar-refractivity contribution is -0.125. The van der Waals surface area contributed by atoms with Crippen molar-refractivity contribution in [1.29, 1.82) is 0 Å². The van der Waals surface area contributed by atoms with Gasteiger partial charge in [0, 0.05) is 37.6 Å². The van der Waals surface area contributed by atoms with Gasteiger partial charge in [-0.25, -0.2) is 4.68 Å². The fourth-order valence-electron chi connectivity index (χ4n) is 3.97. The van der Waals surface area contributed by atoms with Gasteiger partial charge in [-0.3, -0.25) is 9.59 Å². The second-order valence-corrected chi connectivity index (χ2v) is 7.77. The summed E-state index contributed by atoms with van der Waals surface area (Å²) in [6, 6.07) is 15.8. The summed E-state index contributed by atoms with van der Waals surface area (Å²) in [6.07, 6.45) is 2.30. The first-order valence-electron chi connectivity index (χ1n) is 10.7. The standard InChI is InChI=1S/C24H27N5O2/c1-3-4-15-25-21(30)13-14-22(31)29-16-17-9-5-6-10-18(17)24-23(26-27-28(24)2)19-11-7-8-12-20(19)29/h5-12H,3-4,13-16H2,1-2H3,(H,25,30). The minimum atomic E-state index is -0.0845. The number of fused-ring (bicyclic) bond motifs is 5.